The van der Waals surface area contributed by atoms with E-state index >= 15 is 0 Å². The van der Waals surface area contributed by atoms with Gasteiger partial charge in [0.15, 0.2) is 5.65 Å². The molecule has 3 aromatic rings. The number of hydrogen-bond acceptors (Lipinski definition) is 6. The second-order valence-electron chi connectivity index (χ2n) is 8.96. The van der Waals surface area contributed by atoms with Gasteiger partial charge in [0, 0.05) is 23.7 Å². The fraction of sp³-hybridized carbons (Fsp3) is 0.522. The van der Waals surface area contributed by atoms with Crippen LogP contribution in [0.15, 0.2) is 18.3 Å². The first-order chi connectivity index (χ1) is 16.0. The molecule has 176 valence electrons. The molecule has 2 atom stereocenters. The Balaban J connectivity index is 1.54. The second kappa shape index (κ2) is 9.60. The number of imidazole rings is 1. The van der Waals surface area contributed by atoms with Crippen LogP contribution in [-0.2, 0) is 4.74 Å². The molecule has 33 heavy (non-hydrogen) atoms. The van der Waals surface area contributed by atoms with Gasteiger partial charge >= 0.3 is 0 Å². The van der Waals surface area contributed by atoms with E-state index in [0.29, 0.717) is 23.3 Å². The minimum Gasteiger partial charge on any atom is -0.381 e. The third-order valence-corrected chi connectivity index (χ3v) is 7.09. The predicted octanol–water partition coefficient (Wildman–Crippen LogP) is 6.36. The summed E-state index contributed by atoms with van der Waals surface area (Å²) in [7, 11) is 0. The summed E-state index contributed by atoms with van der Waals surface area (Å²) in [5.41, 5.74) is 1.53. The molecule has 0 amide bonds. The number of halogens is 3. The molecule has 2 N–H and O–H groups in total. The molecule has 0 spiro atoms. The first-order valence-corrected chi connectivity index (χ1v) is 12.3. The Bertz CT molecular complexity index is 1130. The van der Waals surface area contributed by atoms with Crippen LogP contribution in [0, 0.1) is 11.7 Å². The van der Waals surface area contributed by atoms with Crippen LogP contribution in [0.4, 0.5) is 22.0 Å². The zero-order valence-electron chi connectivity index (χ0n) is 18.5. The van der Waals surface area contributed by atoms with Crippen LogP contribution < -0.4 is 10.6 Å². The number of rotatable bonds is 5. The number of nitrogens with zero attached hydrogens (tertiary/aromatic N) is 4. The normalized spacial score (nSPS) is 21.9. The Kier molecular flexibility index (Phi) is 6.58. The molecule has 1 saturated carbocycles. The van der Waals surface area contributed by atoms with Gasteiger partial charge in [-0.1, -0.05) is 49.4 Å². The van der Waals surface area contributed by atoms with Crippen LogP contribution in [0.2, 0.25) is 10.0 Å². The van der Waals surface area contributed by atoms with Crippen LogP contribution >= 0.6 is 23.2 Å². The topological polar surface area (TPSA) is 76.9 Å². The maximum Gasteiger partial charge on any atom is 0.224 e. The van der Waals surface area contributed by atoms with Gasteiger partial charge in [-0.05, 0) is 37.3 Å². The zero-order chi connectivity index (χ0) is 22.9. The summed E-state index contributed by atoms with van der Waals surface area (Å²) >= 11 is 12.2. The van der Waals surface area contributed by atoms with Crippen LogP contribution in [0.3, 0.4) is 0 Å². The van der Waals surface area contributed by atoms with Crippen LogP contribution in [0.5, 0.6) is 0 Å². The molecular weight excluding hydrogens is 466 g/mol. The molecule has 5 rings (SSSR count). The number of nitrogens with one attached hydrogen (secondary N) is 2. The lowest BCUT2D eigenvalue weighted by Gasteiger charge is -2.29. The van der Waals surface area contributed by atoms with Crippen LogP contribution in [0.1, 0.15) is 51.5 Å². The van der Waals surface area contributed by atoms with Crippen molar-refractivity contribution in [1.29, 1.82) is 0 Å². The van der Waals surface area contributed by atoms with E-state index in [1.165, 1.54) is 18.6 Å². The van der Waals surface area contributed by atoms with Gasteiger partial charge in [0.25, 0.3) is 0 Å². The summed E-state index contributed by atoms with van der Waals surface area (Å²) in [5, 5.41) is 7.03. The van der Waals surface area contributed by atoms with Crippen molar-refractivity contribution in [3.05, 3.63) is 34.2 Å². The Hall–Kier alpha value is -2.16. The first-order valence-electron chi connectivity index (χ1n) is 11.5. The molecule has 2 fully saturated rings. The average Bonchev–Trinajstić information content (AvgIpc) is 3.15. The molecule has 1 aliphatic heterocycles. The van der Waals surface area contributed by atoms with Gasteiger partial charge in [-0.25, -0.2) is 14.4 Å². The van der Waals surface area contributed by atoms with Crippen LogP contribution in [-0.4, -0.2) is 38.8 Å². The largest absolute Gasteiger partial charge is 0.381 e. The third-order valence-electron chi connectivity index (χ3n) is 6.57. The summed E-state index contributed by atoms with van der Waals surface area (Å²) in [4.78, 5) is 14.1. The molecule has 1 aromatic carbocycles. The smallest absolute Gasteiger partial charge is 0.224 e. The van der Waals surface area contributed by atoms with Gasteiger partial charge in [0.05, 0.1) is 23.5 Å². The van der Waals surface area contributed by atoms with Gasteiger partial charge in [0.1, 0.15) is 11.3 Å². The lowest BCUT2D eigenvalue weighted by atomic mass is 9.95. The van der Waals surface area contributed by atoms with Gasteiger partial charge in [-0.2, -0.15) is 4.98 Å². The van der Waals surface area contributed by atoms with E-state index in [9.17, 15) is 4.39 Å². The van der Waals surface area contributed by atoms with E-state index < -0.39 is 5.82 Å². The Morgan fingerprint density at radius 3 is 2.70 bits per heavy atom. The molecule has 10 heteroatoms. The molecule has 0 bridgehead atoms. The van der Waals surface area contributed by atoms with E-state index in [1.807, 2.05) is 0 Å². The van der Waals surface area contributed by atoms with Gasteiger partial charge in [-0.3, -0.25) is 4.57 Å². The highest BCUT2D eigenvalue weighted by Gasteiger charge is 2.26. The van der Waals surface area contributed by atoms with E-state index in [1.54, 1.807) is 6.20 Å². The molecular formula is C23H27Cl2FN6O. The van der Waals surface area contributed by atoms with E-state index in [4.69, 9.17) is 37.9 Å². The lowest BCUT2D eigenvalue weighted by molar-refractivity contribution is 0.0536. The van der Waals surface area contributed by atoms with Gasteiger partial charge in [0.2, 0.25) is 11.9 Å². The number of anilines is 3. The molecule has 2 aromatic heterocycles. The van der Waals surface area contributed by atoms with E-state index in [2.05, 4.69) is 27.1 Å². The van der Waals surface area contributed by atoms with Crippen molar-refractivity contribution in [1.82, 2.24) is 19.5 Å². The number of aromatic nitrogens is 4. The lowest BCUT2D eigenvalue weighted by Crippen LogP contribution is -2.36. The molecule has 2 aliphatic rings. The summed E-state index contributed by atoms with van der Waals surface area (Å²) in [6, 6.07) is 3.21. The second-order valence-corrected chi connectivity index (χ2v) is 9.80. The highest BCUT2D eigenvalue weighted by Crippen LogP contribution is 2.37. The van der Waals surface area contributed by atoms with Crippen molar-refractivity contribution in [2.45, 2.75) is 57.5 Å². The Labute approximate surface area is 202 Å². The van der Waals surface area contributed by atoms with Crippen molar-refractivity contribution < 1.29 is 9.13 Å². The average molecular weight is 493 g/mol. The number of benzene rings is 1. The summed E-state index contributed by atoms with van der Waals surface area (Å²) in [6.07, 6.45) is 8.14. The fourth-order valence-electron chi connectivity index (χ4n) is 4.77. The standard InChI is InChI=1S/C23H27Cl2FN6O/c1-13-12-33-8-7-18(13)28-22-27-11-19-21(31-22)32(15-5-3-2-4-6-15)23(29-19)30-20-16(25)9-14(24)10-17(20)26/h9-11,13,15,18H,2-8,12H2,1H3,(H,29,30)(H,27,28,31)/t13-,18-/m0/s1. The van der Waals surface area contributed by atoms with E-state index in [0.717, 1.165) is 51.0 Å². The predicted molar refractivity (Wildman–Crippen MR) is 129 cm³/mol. The van der Waals surface area contributed by atoms with Gasteiger partial charge in [-0.15, -0.1) is 0 Å². The van der Waals surface area contributed by atoms with Gasteiger partial charge < -0.3 is 15.4 Å². The minimum absolute atomic E-state index is 0.149. The Morgan fingerprint density at radius 2 is 1.94 bits per heavy atom. The maximum atomic E-state index is 14.7. The third kappa shape index (κ3) is 4.74. The molecule has 1 saturated heterocycles. The zero-order valence-corrected chi connectivity index (χ0v) is 20.0. The molecule has 3 heterocycles. The summed E-state index contributed by atoms with van der Waals surface area (Å²) < 4.78 is 22.3. The van der Waals surface area contributed by atoms with Crippen molar-refractivity contribution in [2.75, 3.05) is 23.8 Å². The number of ether oxygens (including phenoxy) is 1. The molecule has 0 radical (unpaired) electrons. The quantitative estimate of drug-likeness (QED) is 0.431. The highest BCUT2D eigenvalue weighted by atomic mass is 35.5. The van der Waals surface area contributed by atoms with Crippen molar-refractivity contribution >= 4 is 51.9 Å². The molecule has 1 aliphatic carbocycles. The maximum absolute atomic E-state index is 14.7. The molecule has 7 nitrogen and oxygen atoms in total. The molecule has 0 unspecified atom stereocenters. The minimum atomic E-state index is -0.531. The van der Waals surface area contributed by atoms with Crippen molar-refractivity contribution in [2.24, 2.45) is 5.92 Å². The SMILES string of the molecule is C[C@H]1COCC[C@@H]1Nc1ncc2nc(Nc3c(F)cc(Cl)cc3Cl)n(C3CCCCC3)c2n1. The summed E-state index contributed by atoms with van der Waals surface area (Å²) in [5.74, 6) is 0.914. The number of fused-ring (bicyclic) bond motifs is 1. The fourth-order valence-corrected chi connectivity index (χ4v) is 5.28. The monoisotopic (exact) mass is 492 g/mol. The Morgan fingerprint density at radius 1 is 1.12 bits per heavy atom. The van der Waals surface area contributed by atoms with Crippen LogP contribution in [0.25, 0.3) is 11.2 Å². The van der Waals surface area contributed by atoms with E-state index in [-0.39, 0.29) is 27.8 Å². The number of hydrogen-bond donors (Lipinski definition) is 2. The first kappa shape index (κ1) is 22.6. The van der Waals surface area contributed by atoms with Crippen molar-refractivity contribution in [3.8, 4) is 0 Å². The highest BCUT2D eigenvalue weighted by molar-refractivity contribution is 6.36. The van der Waals surface area contributed by atoms with Crippen molar-refractivity contribution in [3.63, 3.8) is 0 Å². The summed E-state index contributed by atoms with van der Waals surface area (Å²) in [6.45, 7) is 3.61.